The summed E-state index contributed by atoms with van der Waals surface area (Å²) < 4.78 is 5.88. The molecule has 1 aliphatic heterocycles. The summed E-state index contributed by atoms with van der Waals surface area (Å²) in [7, 11) is 0. The Morgan fingerprint density at radius 2 is 1.44 bits per heavy atom. The largest absolute Gasteiger partial charge is 0.508 e. The van der Waals surface area contributed by atoms with Gasteiger partial charge in [-0.25, -0.2) is 4.79 Å². The Labute approximate surface area is 146 Å². The predicted molar refractivity (Wildman–Crippen MR) is 95.1 cm³/mol. The van der Waals surface area contributed by atoms with Gasteiger partial charge in [0, 0.05) is 16.7 Å². The minimum absolute atomic E-state index is 0.120. The molecule has 4 heteroatoms. The first-order valence-corrected chi connectivity index (χ1v) is 7.85. The molecular formula is C21H18O4. The lowest BCUT2D eigenvalue weighted by Gasteiger charge is -2.30. The van der Waals surface area contributed by atoms with Crippen molar-refractivity contribution in [2.45, 2.75) is 12.5 Å². The SMILES string of the molecule is C=CC=C1/C(=C\C)C(=O)OC1(c1ccc(O)cc1)c1ccc(O)cc1. The number of benzene rings is 2. The van der Waals surface area contributed by atoms with Crippen LogP contribution in [0, 0.1) is 0 Å². The van der Waals surface area contributed by atoms with Crippen molar-refractivity contribution in [1.29, 1.82) is 0 Å². The zero-order valence-electron chi connectivity index (χ0n) is 13.8. The minimum Gasteiger partial charge on any atom is -0.508 e. The Bertz CT molecular complexity index is 826. The van der Waals surface area contributed by atoms with E-state index in [4.69, 9.17) is 4.74 Å². The first-order chi connectivity index (χ1) is 12.0. The van der Waals surface area contributed by atoms with Crippen LogP contribution in [-0.2, 0) is 15.1 Å². The van der Waals surface area contributed by atoms with Crippen LogP contribution in [0.1, 0.15) is 18.1 Å². The maximum absolute atomic E-state index is 12.5. The van der Waals surface area contributed by atoms with Gasteiger partial charge in [0.2, 0.25) is 0 Å². The molecule has 0 atom stereocenters. The van der Waals surface area contributed by atoms with Crippen LogP contribution in [0.5, 0.6) is 11.5 Å². The fourth-order valence-corrected chi connectivity index (χ4v) is 3.13. The highest BCUT2D eigenvalue weighted by molar-refractivity contribution is 5.99. The zero-order chi connectivity index (χ0) is 18.0. The lowest BCUT2D eigenvalue weighted by atomic mass is 9.78. The van der Waals surface area contributed by atoms with Gasteiger partial charge in [0.25, 0.3) is 0 Å². The van der Waals surface area contributed by atoms with E-state index < -0.39 is 11.6 Å². The maximum atomic E-state index is 12.5. The van der Waals surface area contributed by atoms with Crippen molar-refractivity contribution in [2.75, 3.05) is 0 Å². The quantitative estimate of drug-likeness (QED) is 0.659. The molecule has 0 amide bonds. The highest BCUT2D eigenvalue weighted by Crippen LogP contribution is 2.49. The smallest absolute Gasteiger partial charge is 0.339 e. The number of carbonyl (C=O) groups is 1. The Balaban J connectivity index is 2.35. The summed E-state index contributed by atoms with van der Waals surface area (Å²) in [5.41, 5.74) is 1.32. The topological polar surface area (TPSA) is 66.8 Å². The van der Waals surface area contributed by atoms with Crippen molar-refractivity contribution in [3.63, 3.8) is 0 Å². The van der Waals surface area contributed by atoms with Crippen molar-refractivity contribution in [3.05, 3.63) is 95.6 Å². The number of allylic oxidation sites excluding steroid dienone is 3. The van der Waals surface area contributed by atoms with Crippen molar-refractivity contribution in [1.82, 2.24) is 0 Å². The van der Waals surface area contributed by atoms with Gasteiger partial charge in [0.15, 0.2) is 5.60 Å². The summed E-state index contributed by atoms with van der Waals surface area (Å²) in [6.07, 6.45) is 5.07. The van der Waals surface area contributed by atoms with Gasteiger partial charge < -0.3 is 14.9 Å². The van der Waals surface area contributed by atoms with Crippen LogP contribution in [0.4, 0.5) is 0 Å². The number of aromatic hydroxyl groups is 2. The molecule has 1 heterocycles. The number of ether oxygens (including phenoxy) is 1. The normalized spacial score (nSPS) is 19.2. The van der Waals surface area contributed by atoms with Gasteiger partial charge in [0.05, 0.1) is 5.57 Å². The number of esters is 1. The third-order valence-electron chi connectivity index (χ3n) is 4.26. The van der Waals surface area contributed by atoms with Crippen LogP contribution >= 0.6 is 0 Å². The third-order valence-corrected chi connectivity index (χ3v) is 4.26. The fraction of sp³-hybridized carbons (Fsp3) is 0.0952. The molecule has 0 aromatic heterocycles. The molecule has 0 spiro atoms. The highest BCUT2D eigenvalue weighted by atomic mass is 16.6. The van der Waals surface area contributed by atoms with Gasteiger partial charge in [-0.1, -0.05) is 49.1 Å². The molecule has 1 aliphatic rings. The monoisotopic (exact) mass is 334 g/mol. The standard InChI is InChI=1S/C21H18O4/c1-3-5-19-18(4-2)20(24)25-21(19,14-6-10-16(22)11-7-14)15-8-12-17(23)13-9-15/h3-13,22-23H,1H2,2H3/b18-4+,19-5?. The molecule has 2 aromatic carbocycles. The van der Waals surface area contributed by atoms with Gasteiger partial charge in [-0.2, -0.15) is 0 Å². The number of phenols is 2. The molecule has 4 nitrogen and oxygen atoms in total. The zero-order valence-corrected chi connectivity index (χ0v) is 13.8. The Kier molecular flexibility index (Phi) is 4.19. The second-order valence-electron chi connectivity index (χ2n) is 5.68. The molecular weight excluding hydrogens is 316 g/mol. The molecule has 0 saturated carbocycles. The van der Waals surface area contributed by atoms with E-state index in [2.05, 4.69) is 6.58 Å². The van der Waals surface area contributed by atoms with E-state index in [1.807, 2.05) is 0 Å². The van der Waals surface area contributed by atoms with E-state index >= 15 is 0 Å². The van der Waals surface area contributed by atoms with Crippen molar-refractivity contribution >= 4 is 5.97 Å². The second kappa shape index (κ2) is 6.32. The summed E-state index contributed by atoms with van der Waals surface area (Å²) >= 11 is 0. The van der Waals surface area contributed by atoms with E-state index in [0.717, 1.165) is 0 Å². The highest BCUT2D eigenvalue weighted by Gasteiger charge is 2.50. The van der Waals surface area contributed by atoms with Gasteiger partial charge in [-0.05, 0) is 31.2 Å². The van der Waals surface area contributed by atoms with Crippen molar-refractivity contribution < 1.29 is 19.7 Å². The number of hydrogen-bond acceptors (Lipinski definition) is 4. The number of cyclic esters (lactones) is 1. The summed E-state index contributed by atoms with van der Waals surface area (Å²) in [4.78, 5) is 12.5. The average molecular weight is 334 g/mol. The van der Waals surface area contributed by atoms with Crippen LogP contribution < -0.4 is 0 Å². The van der Waals surface area contributed by atoms with Crippen LogP contribution in [0.25, 0.3) is 0 Å². The maximum Gasteiger partial charge on any atom is 0.339 e. The summed E-state index contributed by atoms with van der Waals surface area (Å²) in [6.45, 7) is 5.52. The molecule has 1 saturated heterocycles. The average Bonchev–Trinajstić information content (AvgIpc) is 2.89. The third kappa shape index (κ3) is 2.62. The molecule has 1 fully saturated rings. The van der Waals surface area contributed by atoms with Crippen LogP contribution in [0.15, 0.2) is 84.5 Å². The van der Waals surface area contributed by atoms with Gasteiger partial charge in [0.1, 0.15) is 11.5 Å². The van der Waals surface area contributed by atoms with Gasteiger partial charge in [-0.15, -0.1) is 0 Å². The molecule has 0 bridgehead atoms. The van der Waals surface area contributed by atoms with E-state index in [-0.39, 0.29) is 11.5 Å². The Morgan fingerprint density at radius 1 is 0.960 bits per heavy atom. The molecule has 0 aliphatic carbocycles. The summed E-state index contributed by atoms with van der Waals surface area (Å²) in [5, 5.41) is 19.3. The molecule has 0 unspecified atom stereocenters. The number of phenolic OH excluding ortho intramolecular Hbond substituents is 2. The number of carbonyl (C=O) groups excluding carboxylic acids is 1. The second-order valence-corrected chi connectivity index (χ2v) is 5.68. The molecule has 2 N–H and O–H groups in total. The summed E-state index contributed by atoms with van der Waals surface area (Å²) in [5.74, 6) is -0.194. The molecule has 3 rings (SSSR count). The van der Waals surface area contributed by atoms with E-state index in [9.17, 15) is 15.0 Å². The van der Waals surface area contributed by atoms with Gasteiger partial charge in [-0.3, -0.25) is 0 Å². The van der Waals surface area contributed by atoms with Crippen LogP contribution in [-0.4, -0.2) is 16.2 Å². The van der Waals surface area contributed by atoms with E-state index in [0.29, 0.717) is 22.3 Å². The van der Waals surface area contributed by atoms with Crippen LogP contribution in [0.2, 0.25) is 0 Å². The lowest BCUT2D eigenvalue weighted by Crippen LogP contribution is -2.29. The van der Waals surface area contributed by atoms with Gasteiger partial charge >= 0.3 is 5.97 Å². The van der Waals surface area contributed by atoms with Crippen molar-refractivity contribution in [2.24, 2.45) is 0 Å². The minimum atomic E-state index is -1.17. The molecule has 0 radical (unpaired) electrons. The lowest BCUT2D eigenvalue weighted by molar-refractivity contribution is -0.143. The Hall–Kier alpha value is -3.27. The van der Waals surface area contributed by atoms with Crippen LogP contribution in [0.3, 0.4) is 0 Å². The van der Waals surface area contributed by atoms with E-state index in [1.54, 1.807) is 73.7 Å². The Morgan fingerprint density at radius 3 is 1.84 bits per heavy atom. The molecule has 25 heavy (non-hydrogen) atoms. The number of hydrogen-bond donors (Lipinski definition) is 2. The molecule has 126 valence electrons. The molecule has 2 aromatic rings. The summed E-state index contributed by atoms with van der Waals surface area (Å²) in [6, 6.07) is 13.0. The first-order valence-electron chi connectivity index (χ1n) is 7.85. The van der Waals surface area contributed by atoms with Crippen molar-refractivity contribution in [3.8, 4) is 11.5 Å². The first kappa shape index (κ1) is 16.6. The number of rotatable bonds is 3. The van der Waals surface area contributed by atoms with E-state index in [1.165, 1.54) is 0 Å². The fourth-order valence-electron chi connectivity index (χ4n) is 3.13. The predicted octanol–water partition coefficient (Wildman–Crippen LogP) is 3.96.